The van der Waals surface area contributed by atoms with Crippen LogP contribution in [0.5, 0.6) is 11.5 Å². The van der Waals surface area contributed by atoms with Crippen molar-refractivity contribution >= 4 is 17.3 Å². The molecule has 3 aromatic rings. The van der Waals surface area contributed by atoms with Gasteiger partial charge in [-0.25, -0.2) is 9.97 Å². The van der Waals surface area contributed by atoms with E-state index in [1.54, 1.807) is 12.4 Å². The van der Waals surface area contributed by atoms with Crippen LogP contribution in [0.25, 0.3) is 0 Å². The molecular weight excluding hydrogens is 288 g/mol. The van der Waals surface area contributed by atoms with Crippen LogP contribution >= 0.6 is 0 Å². The second kappa shape index (κ2) is 6.79. The number of benzene rings is 2. The van der Waals surface area contributed by atoms with E-state index >= 15 is 0 Å². The highest BCUT2D eigenvalue weighted by Gasteiger charge is 2.03. The predicted molar refractivity (Wildman–Crippen MR) is 92.6 cm³/mol. The monoisotopic (exact) mass is 306 g/mol. The summed E-state index contributed by atoms with van der Waals surface area (Å²) in [5, 5.41) is 3.13. The molecule has 3 rings (SSSR count). The molecule has 0 unspecified atom stereocenters. The average molecular weight is 306 g/mol. The third-order valence-corrected chi connectivity index (χ3v) is 3.23. The first-order valence-corrected chi connectivity index (χ1v) is 7.30. The number of nitrogens with one attached hydrogen (secondary N) is 1. The van der Waals surface area contributed by atoms with Gasteiger partial charge in [0.25, 0.3) is 0 Å². The zero-order chi connectivity index (χ0) is 16.1. The molecule has 0 radical (unpaired) electrons. The van der Waals surface area contributed by atoms with E-state index < -0.39 is 0 Å². The van der Waals surface area contributed by atoms with E-state index in [1.807, 2.05) is 73.6 Å². The van der Waals surface area contributed by atoms with E-state index in [9.17, 15) is 0 Å². The van der Waals surface area contributed by atoms with Crippen molar-refractivity contribution in [1.29, 1.82) is 0 Å². The standard InChI is InChI=1S/C18H18N4O/c1-22(2)15-9-6-10-16(11-15)23-17-12-19-18(20-13-17)21-14-7-4-3-5-8-14/h3-13H,1-2H3,(H,19,20,21). The average Bonchev–Trinajstić information content (AvgIpc) is 2.58. The minimum Gasteiger partial charge on any atom is -0.454 e. The number of ether oxygens (including phenoxy) is 1. The Kier molecular flexibility index (Phi) is 4.38. The molecule has 0 spiro atoms. The van der Waals surface area contributed by atoms with Gasteiger partial charge in [0, 0.05) is 31.5 Å². The highest BCUT2D eigenvalue weighted by atomic mass is 16.5. The molecule has 1 aromatic heterocycles. The molecule has 0 aliphatic rings. The molecule has 0 atom stereocenters. The van der Waals surface area contributed by atoms with Crippen molar-refractivity contribution in [1.82, 2.24) is 9.97 Å². The lowest BCUT2D eigenvalue weighted by Crippen LogP contribution is -2.08. The Morgan fingerprint density at radius 3 is 2.30 bits per heavy atom. The van der Waals surface area contributed by atoms with Gasteiger partial charge in [0.2, 0.25) is 5.95 Å². The Morgan fingerprint density at radius 1 is 0.870 bits per heavy atom. The van der Waals surface area contributed by atoms with Crippen LogP contribution < -0.4 is 15.0 Å². The van der Waals surface area contributed by atoms with Crippen LogP contribution in [0.2, 0.25) is 0 Å². The van der Waals surface area contributed by atoms with Crippen molar-refractivity contribution in [2.45, 2.75) is 0 Å². The summed E-state index contributed by atoms with van der Waals surface area (Å²) in [5.41, 5.74) is 2.02. The fourth-order valence-electron chi connectivity index (χ4n) is 2.05. The first-order valence-electron chi connectivity index (χ1n) is 7.30. The number of hydrogen-bond donors (Lipinski definition) is 1. The van der Waals surface area contributed by atoms with Crippen LogP contribution in [-0.2, 0) is 0 Å². The minimum atomic E-state index is 0.533. The van der Waals surface area contributed by atoms with Crippen molar-refractivity contribution < 1.29 is 4.74 Å². The Bertz CT molecular complexity index is 757. The summed E-state index contributed by atoms with van der Waals surface area (Å²) >= 11 is 0. The summed E-state index contributed by atoms with van der Waals surface area (Å²) in [7, 11) is 3.98. The molecule has 2 aromatic carbocycles. The van der Waals surface area contributed by atoms with Gasteiger partial charge in [0.15, 0.2) is 5.75 Å². The number of aromatic nitrogens is 2. The second-order valence-corrected chi connectivity index (χ2v) is 5.23. The quantitative estimate of drug-likeness (QED) is 0.769. The molecule has 5 nitrogen and oxygen atoms in total. The number of rotatable bonds is 5. The Morgan fingerprint density at radius 2 is 1.61 bits per heavy atom. The molecule has 0 saturated heterocycles. The van der Waals surface area contributed by atoms with Gasteiger partial charge in [-0.15, -0.1) is 0 Å². The highest BCUT2D eigenvalue weighted by Crippen LogP contribution is 2.24. The highest BCUT2D eigenvalue weighted by molar-refractivity contribution is 5.53. The maximum atomic E-state index is 5.79. The molecule has 0 amide bonds. The van der Waals surface area contributed by atoms with Gasteiger partial charge < -0.3 is 15.0 Å². The van der Waals surface area contributed by atoms with Crippen LogP contribution in [-0.4, -0.2) is 24.1 Å². The van der Waals surface area contributed by atoms with Gasteiger partial charge in [-0.05, 0) is 24.3 Å². The first kappa shape index (κ1) is 14.8. The third kappa shape index (κ3) is 3.97. The lowest BCUT2D eigenvalue weighted by Gasteiger charge is -2.13. The number of anilines is 3. The Labute approximate surface area is 135 Å². The van der Waals surface area contributed by atoms with Crippen molar-refractivity contribution in [2.24, 2.45) is 0 Å². The number of hydrogen-bond acceptors (Lipinski definition) is 5. The summed E-state index contributed by atoms with van der Waals surface area (Å²) in [4.78, 5) is 10.6. The van der Waals surface area contributed by atoms with Gasteiger partial charge in [0.05, 0.1) is 12.4 Å². The largest absolute Gasteiger partial charge is 0.454 e. The summed E-state index contributed by atoms with van der Waals surface area (Å²) in [6, 6.07) is 17.6. The fraction of sp³-hybridized carbons (Fsp3) is 0.111. The van der Waals surface area contributed by atoms with Crippen molar-refractivity contribution in [3.63, 3.8) is 0 Å². The molecule has 1 N–H and O–H groups in total. The molecule has 0 aliphatic heterocycles. The van der Waals surface area contributed by atoms with Crippen LogP contribution in [0, 0.1) is 0 Å². The molecule has 1 heterocycles. The fourth-order valence-corrected chi connectivity index (χ4v) is 2.05. The molecular formula is C18H18N4O. The molecule has 23 heavy (non-hydrogen) atoms. The SMILES string of the molecule is CN(C)c1cccc(Oc2cnc(Nc3ccccc3)nc2)c1. The van der Waals surface area contributed by atoms with Crippen molar-refractivity contribution in [3.05, 3.63) is 67.0 Å². The summed E-state index contributed by atoms with van der Waals surface area (Å²) in [6.45, 7) is 0. The molecule has 0 bridgehead atoms. The Balaban J connectivity index is 1.69. The number of para-hydroxylation sites is 1. The normalized spacial score (nSPS) is 10.2. The van der Waals surface area contributed by atoms with Crippen LogP contribution in [0.1, 0.15) is 0 Å². The molecule has 5 heteroatoms. The Hall–Kier alpha value is -3.08. The van der Waals surface area contributed by atoms with Crippen molar-refractivity contribution in [2.75, 3.05) is 24.3 Å². The second-order valence-electron chi connectivity index (χ2n) is 5.23. The van der Waals surface area contributed by atoms with Gasteiger partial charge in [-0.3, -0.25) is 0 Å². The molecule has 0 saturated carbocycles. The van der Waals surface area contributed by atoms with E-state index in [2.05, 4.69) is 15.3 Å². The van der Waals surface area contributed by atoms with Crippen LogP contribution in [0.3, 0.4) is 0 Å². The van der Waals surface area contributed by atoms with Gasteiger partial charge in [-0.2, -0.15) is 0 Å². The maximum Gasteiger partial charge on any atom is 0.227 e. The molecule has 0 fully saturated rings. The summed E-state index contributed by atoms with van der Waals surface area (Å²) in [5.74, 6) is 1.88. The van der Waals surface area contributed by atoms with Gasteiger partial charge >= 0.3 is 0 Å². The van der Waals surface area contributed by atoms with Crippen LogP contribution in [0.15, 0.2) is 67.0 Å². The van der Waals surface area contributed by atoms with E-state index in [-0.39, 0.29) is 0 Å². The predicted octanol–water partition coefficient (Wildman–Crippen LogP) is 4.08. The lowest BCUT2D eigenvalue weighted by atomic mass is 10.3. The van der Waals surface area contributed by atoms with Gasteiger partial charge in [0.1, 0.15) is 5.75 Å². The first-order chi connectivity index (χ1) is 11.2. The lowest BCUT2D eigenvalue weighted by molar-refractivity contribution is 0.478. The van der Waals surface area contributed by atoms with E-state index in [0.717, 1.165) is 17.1 Å². The van der Waals surface area contributed by atoms with Crippen molar-refractivity contribution in [3.8, 4) is 11.5 Å². The minimum absolute atomic E-state index is 0.533. The van der Waals surface area contributed by atoms with Gasteiger partial charge in [-0.1, -0.05) is 24.3 Å². The number of nitrogens with zero attached hydrogens (tertiary/aromatic N) is 3. The van der Waals surface area contributed by atoms with E-state index in [1.165, 1.54) is 0 Å². The smallest absolute Gasteiger partial charge is 0.227 e. The zero-order valence-electron chi connectivity index (χ0n) is 13.1. The van der Waals surface area contributed by atoms with Crippen LogP contribution in [0.4, 0.5) is 17.3 Å². The third-order valence-electron chi connectivity index (χ3n) is 3.23. The molecule has 116 valence electrons. The zero-order valence-corrected chi connectivity index (χ0v) is 13.1. The summed E-state index contributed by atoms with van der Waals surface area (Å²) in [6.07, 6.45) is 3.31. The van der Waals surface area contributed by atoms with E-state index in [4.69, 9.17) is 4.74 Å². The molecule has 0 aliphatic carbocycles. The summed E-state index contributed by atoms with van der Waals surface area (Å²) < 4.78 is 5.79. The topological polar surface area (TPSA) is 50.3 Å². The maximum absolute atomic E-state index is 5.79. The van der Waals surface area contributed by atoms with E-state index in [0.29, 0.717) is 11.7 Å².